The van der Waals surface area contributed by atoms with Crippen LogP contribution in [0.2, 0.25) is 0 Å². The molecule has 0 saturated carbocycles. The minimum atomic E-state index is -1.09. The van der Waals surface area contributed by atoms with Crippen LogP contribution in [-0.4, -0.2) is 14.8 Å². The third kappa shape index (κ3) is 0.916. The zero-order chi connectivity index (χ0) is 8.60. The number of nitrogens with zero attached hydrogens (tertiary/aromatic N) is 3. The van der Waals surface area contributed by atoms with E-state index in [1.807, 2.05) is 4.57 Å². The molecule has 10 heavy (non-hydrogen) atoms. The van der Waals surface area contributed by atoms with Crippen molar-refractivity contribution in [1.29, 1.82) is 0 Å². The van der Waals surface area contributed by atoms with Gasteiger partial charge in [-0.05, 0) is 12.8 Å². The predicted molar refractivity (Wildman–Crippen MR) is 37.6 cm³/mol. The van der Waals surface area contributed by atoms with E-state index < -0.39 is 6.37 Å². The van der Waals surface area contributed by atoms with E-state index in [1.54, 1.807) is 6.33 Å². The Morgan fingerprint density at radius 1 is 1.60 bits per heavy atom. The summed E-state index contributed by atoms with van der Waals surface area (Å²) < 4.78 is 17.1. The average Bonchev–Trinajstić information content (AvgIpc) is 2.31. The highest BCUT2D eigenvalue weighted by Crippen LogP contribution is 2.10. The molecule has 1 aliphatic heterocycles. The van der Waals surface area contributed by atoms with E-state index in [0.717, 1.165) is 18.7 Å². The van der Waals surface area contributed by atoms with Crippen LogP contribution < -0.4 is 0 Å². The molecule has 3 heteroatoms. The monoisotopic (exact) mass is 139 g/mol. The summed E-state index contributed by atoms with van der Waals surface area (Å²) in [4.78, 5) is 0. The van der Waals surface area contributed by atoms with Gasteiger partial charge in [-0.3, -0.25) is 0 Å². The van der Waals surface area contributed by atoms with Crippen molar-refractivity contribution in [1.82, 2.24) is 14.8 Å². The van der Waals surface area contributed by atoms with Gasteiger partial charge in [0.1, 0.15) is 12.2 Å². The Balaban J connectivity index is 2.30. The topological polar surface area (TPSA) is 30.7 Å². The molecule has 0 unspecified atom stereocenters. The Labute approximate surface area is 62.9 Å². The summed E-state index contributed by atoms with van der Waals surface area (Å²) in [6.45, 7) is 0.398. The lowest BCUT2D eigenvalue weighted by Crippen LogP contribution is -1.98. The van der Waals surface area contributed by atoms with Crippen LogP contribution >= 0.6 is 0 Å². The maximum atomic E-state index is 7.63. The molecule has 3 nitrogen and oxygen atoms in total. The molecular weight excluding hydrogens is 126 g/mol. The summed E-state index contributed by atoms with van der Waals surface area (Å²) in [7, 11) is 0. The SMILES string of the molecule is [2H]C1([2H])CCCc2nncn2C1. The Morgan fingerprint density at radius 2 is 2.60 bits per heavy atom. The van der Waals surface area contributed by atoms with E-state index in [2.05, 4.69) is 10.2 Å². The van der Waals surface area contributed by atoms with Gasteiger partial charge < -0.3 is 4.57 Å². The number of hydrogen-bond acceptors (Lipinski definition) is 2. The van der Waals surface area contributed by atoms with Crippen molar-refractivity contribution in [2.24, 2.45) is 0 Å². The van der Waals surface area contributed by atoms with E-state index in [4.69, 9.17) is 2.74 Å². The summed E-state index contributed by atoms with van der Waals surface area (Å²) in [6, 6.07) is 0. The number of rotatable bonds is 0. The molecule has 0 aromatic carbocycles. The van der Waals surface area contributed by atoms with Gasteiger partial charge in [0.05, 0.1) is 0 Å². The second-order valence-corrected chi connectivity index (χ2v) is 2.48. The smallest absolute Gasteiger partial charge is 0.132 e. The minimum absolute atomic E-state index is 0.398. The molecule has 0 fully saturated rings. The molecule has 0 aliphatic carbocycles. The predicted octanol–water partition coefficient (Wildman–Crippen LogP) is 1.00. The third-order valence-corrected chi connectivity index (χ3v) is 1.73. The molecule has 0 N–H and O–H groups in total. The average molecular weight is 139 g/mol. The molecule has 2 heterocycles. The number of hydrogen-bond donors (Lipinski definition) is 0. The van der Waals surface area contributed by atoms with E-state index in [-0.39, 0.29) is 0 Å². The molecule has 54 valence electrons. The van der Waals surface area contributed by atoms with Crippen molar-refractivity contribution in [2.45, 2.75) is 32.2 Å². The van der Waals surface area contributed by atoms with Gasteiger partial charge in [0.2, 0.25) is 0 Å². The first-order valence-corrected chi connectivity index (χ1v) is 3.54. The molecular formula is C7H11N3. The highest BCUT2D eigenvalue weighted by atomic mass is 15.3. The van der Waals surface area contributed by atoms with Crippen LogP contribution in [0.3, 0.4) is 0 Å². The molecule has 0 radical (unpaired) electrons. The molecule has 0 atom stereocenters. The fourth-order valence-corrected chi connectivity index (χ4v) is 1.18. The zero-order valence-corrected chi connectivity index (χ0v) is 5.75. The molecule has 1 aliphatic rings. The number of fused-ring (bicyclic) bond motifs is 1. The van der Waals surface area contributed by atoms with Gasteiger partial charge in [-0.15, -0.1) is 10.2 Å². The zero-order valence-electron chi connectivity index (χ0n) is 7.75. The van der Waals surface area contributed by atoms with Crippen molar-refractivity contribution < 1.29 is 2.74 Å². The van der Waals surface area contributed by atoms with Crippen molar-refractivity contribution in [3.63, 3.8) is 0 Å². The van der Waals surface area contributed by atoms with Gasteiger partial charge in [0.25, 0.3) is 0 Å². The second-order valence-electron chi connectivity index (χ2n) is 2.48. The van der Waals surface area contributed by atoms with Crippen molar-refractivity contribution in [2.75, 3.05) is 0 Å². The third-order valence-electron chi connectivity index (χ3n) is 1.73. The summed E-state index contributed by atoms with van der Waals surface area (Å²) in [6.07, 6.45) is 2.85. The molecule has 0 bridgehead atoms. The van der Waals surface area contributed by atoms with Gasteiger partial charge in [0, 0.05) is 15.7 Å². The molecule has 0 amide bonds. The maximum absolute atomic E-state index is 7.63. The number of aromatic nitrogens is 3. The van der Waals surface area contributed by atoms with Crippen molar-refractivity contribution in [3.05, 3.63) is 12.2 Å². The fraction of sp³-hybridized carbons (Fsp3) is 0.714. The molecule has 1 aromatic heterocycles. The van der Waals surface area contributed by atoms with Gasteiger partial charge >= 0.3 is 0 Å². The van der Waals surface area contributed by atoms with Crippen LogP contribution in [-0.2, 0) is 13.0 Å². The summed E-state index contributed by atoms with van der Waals surface area (Å²) in [5.41, 5.74) is 0. The first kappa shape index (κ1) is 4.11. The van der Waals surface area contributed by atoms with Gasteiger partial charge in [0.15, 0.2) is 0 Å². The van der Waals surface area contributed by atoms with Crippen LogP contribution in [0.15, 0.2) is 6.33 Å². The highest BCUT2D eigenvalue weighted by Gasteiger charge is 2.06. The van der Waals surface area contributed by atoms with E-state index in [1.165, 1.54) is 0 Å². The van der Waals surface area contributed by atoms with Crippen molar-refractivity contribution >= 4 is 0 Å². The summed E-state index contributed by atoms with van der Waals surface area (Å²) >= 11 is 0. The summed E-state index contributed by atoms with van der Waals surface area (Å²) in [5, 5.41) is 7.69. The van der Waals surface area contributed by atoms with Crippen LogP contribution in [0.5, 0.6) is 0 Å². The Bertz CT molecular complexity index is 282. The Hall–Kier alpha value is -0.860. The van der Waals surface area contributed by atoms with Crippen LogP contribution in [0, 0.1) is 0 Å². The Morgan fingerprint density at radius 3 is 3.60 bits per heavy atom. The fourth-order valence-electron chi connectivity index (χ4n) is 1.18. The lowest BCUT2D eigenvalue weighted by molar-refractivity contribution is 0.632. The van der Waals surface area contributed by atoms with Gasteiger partial charge in [-0.25, -0.2) is 0 Å². The normalized spacial score (nSPS) is 26.0. The second kappa shape index (κ2) is 2.40. The Kier molecular flexibility index (Phi) is 0.988. The molecule has 0 saturated heterocycles. The number of aryl methyl sites for hydroxylation is 2. The molecule has 1 aromatic rings. The van der Waals surface area contributed by atoms with Gasteiger partial charge in [-0.2, -0.15) is 0 Å². The quantitative estimate of drug-likeness (QED) is 0.537. The van der Waals surface area contributed by atoms with E-state index >= 15 is 0 Å². The first-order valence-electron chi connectivity index (χ1n) is 4.54. The molecule has 2 rings (SSSR count). The van der Waals surface area contributed by atoms with Crippen LogP contribution in [0.4, 0.5) is 0 Å². The highest BCUT2D eigenvalue weighted by molar-refractivity contribution is 4.87. The standard InChI is InChI=1S/C7H11N3/c1-2-4-7-9-8-6-10(7)5-3-1/h6H,1-5H2/i3D2. The van der Waals surface area contributed by atoms with Gasteiger partial charge in [-0.1, -0.05) is 6.42 Å². The maximum Gasteiger partial charge on any atom is 0.132 e. The largest absolute Gasteiger partial charge is 0.318 e. The minimum Gasteiger partial charge on any atom is -0.318 e. The van der Waals surface area contributed by atoms with E-state index in [9.17, 15) is 0 Å². The van der Waals surface area contributed by atoms with E-state index in [0.29, 0.717) is 13.0 Å². The first-order chi connectivity index (χ1) is 5.67. The lowest BCUT2D eigenvalue weighted by atomic mass is 10.2. The summed E-state index contributed by atoms with van der Waals surface area (Å²) in [5.74, 6) is 0.913. The van der Waals surface area contributed by atoms with Crippen molar-refractivity contribution in [3.8, 4) is 0 Å². The lowest BCUT2D eigenvalue weighted by Gasteiger charge is -1.97. The molecule has 0 spiro atoms. The van der Waals surface area contributed by atoms with Crippen LogP contribution in [0.25, 0.3) is 0 Å². The van der Waals surface area contributed by atoms with Crippen LogP contribution in [0.1, 0.15) is 27.8 Å².